The van der Waals surface area contributed by atoms with Crippen LogP contribution in [0.25, 0.3) is 0 Å². The molecule has 2 rings (SSSR count). The van der Waals surface area contributed by atoms with Crippen molar-refractivity contribution in [1.29, 1.82) is 0 Å². The maximum Gasteiger partial charge on any atom is 0.238 e. The average molecular weight is 299 g/mol. The molecule has 0 aliphatic carbocycles. The third kappa shape index (κ3) is 3.77. The van der Waals surface area contributed by atoms with Gasteiger partial charge in [-0.15, -0.1) is 0 Å². The lowest BCUT2D eigenvalue weighted by Gasteiger charge is -2.20. The third-order valence-electron chi connectivity index (χ3n) is 3.13. The van der Waals surface area contributed by atoms with E-state index < -0.39 is 0 Å². The Kier molecular flexibility index (Phi) is 5.09. The molecule has 0 fully saturated rings. The Bertz CT molecular complexity index is 494. The van der Waals surface area contributed by atoms with Gasteiger partial charge in [0.25, 0.3) is 0 Å². The summed E-state index contributed by atoms with van der Waals surface area (Å²) < 4.78 is 10.9. The molecule has 1 unspecified atom stereocenters. The molecule has 0 spiro atoms. The number of nitrogens with one attached hydrogen (secondary N) is 2. The molecule has 1 aliphatic heterocycles. The van der Waals surface area contributed by atoms with Crippen molar-refractivity contribution in [1.82, 2.24) is 5.32 Å². The lowest BCUT2D eigenvalue weighted by Crippen LogP contribution is -2.34. The standard InChI is InChI=1S/C14H19ClN2O3/c1-3-9(2)16-8-14(18)17-11-7-13-12(6-10(11)15)19-4-5-20-13/h6-7,9,16H,3-5,8H2,1-2H3,(H,17,18). The fraction of sp³-hybridized carbons (Fsp3) is 0.500. The van der Waals surface area contributed by atoms with Crippen molar-refractivity contribution in [2.24, 2.45) is 0 Å². The quantitative estimate of drug-likeness (QED) is 0.876. The zero-order valence-corrected chi connectivity index (χ0v) is 12.4. The highest BCUT2D eigenvalue weighted by Gasteiger charge is 2.16. The molecule has 5 nitrogen and oxygen atoms in total. The van der Waals surface area contributed by atoms with E-state index in [0.29, 0.717) is 41.5 Å². The van der Waals surface area contributed by atoms with E-state index in [1.54, 1.807) is 12.1 Å². The second kappa shape index (κ2) is 6.81. The summed E-state index contributed by atoms with van der Waals surface area (Å²) in [4.78, 5) is 11.8. The molecule has 1 aromatic rings. The molecule has 1 aliphatic rings. The van der Waals surface area contributed by atoms with Gasteiger partial charge in [-0.1, -0.05) is 18.5 Å². The summed E-state index contributed by atoms with van der Waals surface area (Å²) >= 11 is 6.12. The third-order valence-corrected chi connectivity index (χ3v) is 3.44. The monoisotopic (exact) mass is 298 g/mol. The van der Waals surface area contributed by atoms with Gasteiger partial charge in [-0.25, -0.2) is 0 Å². The average Bonchev–Trinajstić information content (AvgIpc) is 2.45. The highest BCUT2D eigenvalue weighted by molar-refractivity contribution is 6.34. The van der Waals surface area contributed by atoms with Crippen LogP contribution in [-0.4, -0.2) is 31.7 Å². The first-order valence-corrected chi connectivity index (χ1v) is 7.10. The number of carbonyl (C=O) groups excluding carboxylic acids is 1. The lowest BCUT2D eigenvalue weighted by molar-refractivity contribution is -0.115. The van der Waals surface area contributed by atoms with Crippen molar-refractivity contribution >= 4 is 23.2 Å². The second-order valence-electron chi connectivity index (χ2n) is 4.71. The first-order valence-electron chi connectivity index (χ1n) is 6.72. The molecule has 0 radical (unpaired) electrons. The molecule has 1 atom stereocenters. The summed E-state index contributed by atoms with van der Waals surface area (Å²) in [7, 11) is 0. The second-order valence-corrected chi connectivity index (χ2v) is 5.12. The number of halogens is 1. The van der Waals surface area contributed by atoms with Gasteiger partial charge in [-0.2, -0.15) is 0 Å². The molecule has 1 heterocycles. The molecule has 1 amide bonds. The summed E-state index contributed by atoms with van der Waals surface area (Å²) in [6.45, 7) is 5.35. The zero-order chi connectivity index (χ0) is 14.5. The van der Waals surface area contributed by atoms with Crippen molar-refractivity contribution < 1.29 is 14.3 Å². The number of hydrogen-bond donors (Lipinski definition) is 2. The number of rotatable bonds is 5. The minimum atomic E-state index is -0.135. The summed E-state index contributed by atoms with van der Waals surface area (Å²) in [6, 6.07) is 3.66. The van der Waals surface area contributed by atoms with Gasteiger partial charge >= 0.3 is 0 Å². The molecule has 0 bridgehead atoms. The Morgan fingerprint density at radius 1 is 1.35 bits per heavy atom. The molecule has 2 N–H and O–H groups in total. The Balaban J connectivity index is 2.00. The Labute approximate surface area is 123 Å². The van der Waals surface area contributed by atoms with E-state index >= 15 is 0 Å². The SMILES string of the molecule is CCC(C)NCC(=O)Nc1cc2c(cc1Cl)OCCO2. The first kappa shape index (κ1) is 14.9. The molecule has 1 aromatic carbocycles. The summed E-state index contributed by atoms with van der Waals surface area (Å²) in [5, 5.41) is 6.33. The van der Waals surface area contributed by atoms with Gasteiger partial charge < -0.3 is 20.1 Å². The van der Waals surface area contributed by atoms with Gasteiger partial charge in [0.05, 0.1) is 17.3 Å². The van der Waals surface area contributed by atoms with Crippen LogP contribution in [0.2, 0.25) is 5.02 Å². The summed E-state index contributed by atoms with van der Waals surface area (Å²) in [6.07, 6.45) is 0.970. The minimum Gasteiger partial charge on any atom is -0.486 e. The van der Waals surface area contributed by atoms with Crippen molar-refractivity contribution in [2.45, 2.75) is 26.3 Å². The van der Waals surface area contributed by atoms with Crippen LogP contribution in [0.1, 0.15) is 20.3 Å². The van der Waals surface area contributed by atoms with E-state index in [1.165, 1.54) is 0 Å². The smallest absolute Gasteiger partial charge is 0.238 e. The minimum absolute atomic E-state index is 0.135. The fourth-order valence-electron chi connectivity index (χ4n) is 1.77. The van der Waals surface area contributed by atoms with Crippen LogP contribution in [0.5, 0.6) is 11.5 Å². The van der Waals surface area contributed by atoms with E-state index in [0.717, 1.165) is 6.42 Å². The van der Waals surface area contributed by atoms with Crippen LogP contribution in [0.3, 0.4) is 0 Å². The van der Waals surface area contributed by atoms with Gasteiger partial charge in [-0.05, 0) is 13.3 Å². The van der Waals surface area contributed by atoms with Crippen molar-refractivity contribution in [2.75, 3.05) is 25.1 Å². The number of hydrogen-bond acceptors (Lipinski definition) is 4. The largest absolute Gasteiger partial charge is 0.486 e. The van der Waals surface area contributed by atoms with Gasteiger partial charge in [-0.3, -0.25) is 4.79 Å². The van der Waals surface area contributed by atoms with E-state index in [4.69, 9.17) is 21.1 Å². The fourth-order valence-corrected chi connectivity index (χ4v) is 1.97. The molecule has 110 valence electrons. The summed E-state index contributed by atoms with van der Waals surface area (Å²) in [5.41, 5.74) is 0.534. The van der Waals surface area contributed by atoms with Gasteiger partial charge in [0.1, 0.15) is 13.2 Å². The number of ether oxygens (including phenoxy) is 2. The topological polar surface area (TPSA) is 59.6 Å². The number of amides is 1. The van der Waals surface area contributed by atoms with Crippen LogP contribution in [-0.2, 0) is 4.79 Å². The lowest BCUT2D eigenvalue weighted by atomic mass is 10.2. The van der Waals surface area contributed by atoms with E-state index in [-0.39, 0.29) is 12.5 Å². The number of benzene rings is 1. The summed E-state index contributed by atoms with van der Waals surface area (Å²) in [5.74, 6) is 1.08. The molecule has 0 saturated heterocycles. The normalized spacial score (nSPS) is 14.8. The first-order chi connectivity index (χ1) is 9.60. The van der Waals surface area contributed by atoms with Gasteiger partial charge in [0.2, 0.25) is 5.91 Å². The number of fused-ring (bicyclic) bond motifs is 1. The molecular formula is C14H19ClN2O3. The van der Waals surface area contributed by atoms with Crippen LogP contribution >= 0.6 is 11.6 Å². The molecule has 0 saturated carbocycles. The van der Waals surface area contributed by atoms with Crippen LogP contribution in [0.4, 0.5) is 5.69 Å². The highest BCUT2D eigenvalue weighted by atomic mass is 35.5. The van der Waals surface area contributed by atoms with Gasteiger partial charge in [0, 0.05) is 18.2 Å². The Morgan fingerprint density at radius 3 is 2.65 bits per heavy atom. The van der Waals surface area contributed by atoms with Crippen molar-refractivity contribution in [3.63, 3.8) is 0 Å². The number of carbonyl (C=O) groups is 1. The highest BCUT2D eigenvalue weighted by Crippen LogP contribution is 2.37. The van der Waals surface area contributed by atoms with Crippen molar-refractivity contribution in [3.8, 4) is 11.5 Å². The van der Waals surface area contributed by atoms with Crippen LogP contribution in [0, 0.1) is 0 Å². The maximum absolute atomic E-state index is 11.8. The van der Waals surface area contributed by atoms with Crippen LogP contribution in [0.15, 0.2) is 12.1 Å². The Morgan fingerprint density at radius 2 is 2.00 bits per heavy atom. The molecule has 0 aromatic heterocycles. The van der Waals surface area contributed by atoms with Crippen LogP contribution < -0.4 is 20.1 Å². The zero-order valence-electron chi connectivity index (χ0n) is 11.7. The van der Waals surface area contributed by atoms with E-state index in [1.807, 2.05) is 6.92 Å². The predicted molar refractivity (Wildman–Crippen MR) is 78.8 cm³/mol. The number of anilines is 1. The molecule has 6 heteroatoms. The Hall–Kier alpha value is -1.46. The van der Waals surface area contributed by atoms with E-state index in [9.17, 15) is 4.79 Å². The maximum atomic E-state index is 11.8. The predicted octanol–water partition coefficient (Wildman–Crippen LogP) is 2.44. The van der Waals surface area contributed by atoms with Crippen molar-refractivity contribution in [3.05, 3.63) is 17.2 Å². The van der Waals surface area contributed by atoms with Gasteiger partial charge in [0.15, 0.2) is 11.5 Å². The van der Waals surface area contributed by atoms with E-state index in [2.05, 4.69) is 17.6 Å². The molecule has 20 heavy (non-hydrogen) atoms. The molecular weight excluding hydrogens is 280 g/mol.